The number of hydrogen-bond donors (Lipinski definition) is 2. The Morgan fingerprint density at radius 1 is 1.00 bits per heavy atom. The van der Waals surface area contributed by atoms with Crippen LogP contribution in [0.1, 0.15) is 33.6 Å². The molecule has 1 aromatic rings. The molecule has 0 radical (unpaired) electrons. The van der Waals surface area contributed by atoms with Crippen molar-refractivity contribution in [3.63, 3.8) is 0 Å². The molecule has 0 aliphatic heterocycles. The minimum Gasteiger partial charge on any atom is -0.497 e. The SMILES string of the molecule is CC.CCCCN.O=[N+]([O-])c1cc([N+](=O)[O-])c(O)c([N+](=O)[O-])c1. The first-order valence-electron chi connectivity index (χ1n) is 6.76. The average Bonchev–Trinajstić information content (AvgIpc) is 2.50. The van der Waals surface area contributed by atoms with E-state index in [0.717, 1.165) is 6.54 Å². The molecule has 0 aromatic heterocycles. The lowest BCUT2D eigenvalue weighted by atomic mass is 10.2. The Hall–Kier alpha value is -2.82. The monoisotopic (exact) mass is 332 g/mol. The minimum absolute atomic E-state index is 0.447. The molecule has 0 saturated carbocycles. The maximum atomic E-state index is 10.4. The molecule has 0 spiro atoms. The first kappa shape index (κ1) is 22.5. The fourth-order valence-corrected chi connectivity index (χ4v) is 1.18. The summed E-state index contributed by atoms with van der Waals surface area (Å²) in [4.78, 5) is 27.8. The summed E-state index contributed by atoms with van der Waals surface area (Å²) in [6.07, 6.45) is 2.39. The summed E-state index contributed by atoms with van der Waals surface area (Å²) < 4.78 is 0. The largest absolute Gasteiger partial charge is 0.497 e. The van der Waals surface area contributed by atoms with Crippen LogP contribution in [-0.2, 0) is 0 Å². The highest BCUT2D eigenvalue weighted by molar-refractivity contribution is 5.64. The first-order valence-corrected chi connectivity index (χ1v) is 6.76. The van der Waals surface area contributed by atoms with Gasteiger partial charge in [0.1, 0.15) is 0 Å². The maximum Gasteiger partial charge on any atom is 0.324 e. The van der Waals surface area contributed by atoms with Gasteiger partial charge in [-0.3, -0.25) is 30.3 Å². The molecule has 1 aromatic carbocycles. The predicted octanol–water partition coefficient (Wildman–Crippen LogP) is 2.89. The van der Waals surface area contributed by atoms with Crippen molar-refractivity contribution in [2.45, 2.75) is 33.6 Å². The van der Waals surface area contributed by atoms with E-state index >= 15 is 0 Å². The van der Waals surface area contributed by atoms with E-state index in [1.807, 2.05) is 13.8 Å². The molecule has 0 saturated heterocycles. The van der Waals surface area contributed by atoms with Crippen molar-refractivity contribution in [3.05, 3.63) is 42.5 Å². The second kappa shape index (κ2) is 11.8. The highest BCUT2D eigenvalue weighted by atomic mass is 16.6. The number of nitro benzene ring substituents is 3. The predicted molar refractivity (Wildman–Crippen MR) is 83.4 cm³/mol. The van der Waals surface area contributed by atoms with Gasteiger partial charge >= 0.3 is 11.4 Å². The molecule has 0 unspecified atom stereocenters. The van der Waals surface area contributed by atoms with Gasteiger partial charge in [-0.15, -0.1) is 0 Å². The second-order valence-corrected chi connectivity index (χ2v) is 3.75. The number of benzene rings is 1. The average molecular weight is 332 g/mol. The third-order valence-electron chi connectivity index (χ3n) is 2.22. The van der Waals surface area contributed by atoms with Crippen LogP contribution in [0.2, 0.25) is 0 Å². The molecule has 0 amide bonds. The Kier molecular flexibility index (Phi) is 11.5. The van der Waals surface area contributed by atoms with Crippen LogP contribution in [-0.4, -0.2) is 26.4 Å². The van der Waals surface area contributed by atoms with Crippen LogP contribution >= 0.6 is 0 Å². The third kappa shape index (κ3) is 7.66. The van der Waals surface area contributed by atoms with Crippen molar-refractivity contribution in [3.8, 4) is 5.75 Å². The number of nitro groups is 3. The summed E-state index contributed by atoms with van der Waals surface area (Å²) in [5.74, 6) is -1.21. The molecule has 1 rings (SSSR count). The lowest BCUT2D eigenvalue weighted by molar-refractivity contribution is -0.404. The lowest BCUT2D eigenvalue weighted by Crippen LogP contribution is -1.97. The molecule has 0 bridgehead atoms. The summed E-state index contributed by atoms with van der Waals surface area (Å²) in [5.41, 5.74) is 2.14. The number of non-ortho nitro benzene ring substituents is 1. The Morgan fingerprint density at radius 3 is 1.57 bits per heavy atom. The number of aromatic hydroxyl groups is 1. The number of phenolic OH excluding ortho intramolecular Hbond substituents is 1. The molecule has 11 nitrogen and oxygen atoms in total. The Balaban J connectivity index is 0. The van der Waals surface area contributed by atoms with E-state index in [1.54, 1.807) is 0 Å². The van der Waals surface area contributed by atoms with E-state index in [1.165, 1.54) is 12.8 Å². The summed E-state index contributed by atoms with van der Waals surface area (Å²) in [6.45, 7) is 6.98. The van der Waals surface area contributed by atoms with Gasteiger partial charge in [0, 0.05) is 0 Å². The fourth-order valence-electron chi connectivity index (χ4n) is 1.18. The number of nitrogens with zero attached hydrogens (tertiary/aromatic N) is 3. The maximum absolute atomic E-state index is 10.4. The quantitative estimate of drug-likeness (QED) is 0.610. The summed E-state index contributed by atoms with van der Waals surface area (Å²) in [5, 5.41) is 40.2. The molecule has 0 heterocycles. The topological polar surface area (TPSA) is 176 Å². The Morgan fingerprint density at radius 2 is 1.39 bits per heavy atom. The Labute approximate surface area is 132 Å². The highest BCUT2D eigenvalue weighted by Crippen LogP contribution is 2.38. The van der Waals surface area contributed by atoms with Crippen LogP contribution in [0, 0.1) is 30.3 Å². The second-order valence-electron chi connectivity index (χ2n) is 3.75. The van der Waals surface area contributed by atoms with Gasteiger partial charge in [-0.05, 0) is 13.0 Å². The molecule has 0 fully saturated rings. The van der Waals surface area contributed by atoms with Gasteiger partial charge in [0.25, 0.3) is 11.4 Å². The molecular weight excluding hydrogens is 312 g/mol. The zero-order chi connectivity index (χ0) is 18.6. The summed E-state index contributed by atoms with van der Waals surface area (Å²) in [6, 6.07) is 0.894. The van der Waals surface area contributed by atoms with Gasteiger partial charge in [-0.2, -0.15) is 0 Å². The summed E-state index contributed by atoms with van der Waals surface area (Å²) >= 11 is 0. The van der Waals surface area contributed by atoms with E-state index in [9.17, 15) is 30.3 Å². The smallest absolute Gasteiger partial charge is 0.324 e. The van der Waals surface area contributed by atoms with Gasteiger partial charge in [0.05, 0.1) is 26.9 Å². The van der Waals surface area contributed by atoms with Crippen molar-refractivity contribution in [1.29, 1.82) is 0 Å². The van der Waals surface area contributed by atoms with E-state index in [4.69, 9.17) is 10.8 Å². The van der Waals surface area contributed by atoms with Crippen LogP contribution in [0.15, 0.2) is 12.1 Å². The number of hydrogen-bond acceptors (Lipinski definition) is 8. The van der Waals surface area contributed by atoms with E-state index < -0.39 is 37.6 Å². The van der Waals surface area contributed by atoms with Crippen LogP contribution in [0.25, 0.3) is 0 Å². The summed E-state index contributed by atoms with van der Waals surface area (Å²) in [7, 11) is 0. The molecule has 0 aliphatic rings. The number of unbranched alkanes of at least 4 members (excludes halogenated alkanes) is 1. The van der Waals surface area contributed by atoms with Crippen LogP contribution in [0.5, 0.6) is 5.75 Å². The Bertz CT molecular complexity index is 511. The lowest BCUT2D eigenvalue weighted by Gasteiger charge is -1.97. The van der Waals surface area contributed by atoms with E-state index in [-0.39, 0.29) is 0 Å². The van der Waals surface area contributed by atoms with Crippen LogP contribution in [0.4, 0.5) is 17.1 Å². The first-order chi connectivity index (χ1) is 10.8. The van der Waals surface area contributed by atoms with Gasteiger partial charge in [-0.25, -0.2) is 0 Å². The molecule has 0 atom stereocenters. The standard InChI is InChI=1S/C6H3N3O7.C4H11N.C2H6/c10-6-4(8(13)14)1-3(7(11)12)2-5(6)9(15)16;1-2-3-4-5;1-2/h1-2,10H;2-5H2,1H3;1-2H3. The fraction of sp³-hybridized carbons (Fsp3) is 0.500. The van der Waals surface area contributed by atoms with Crippen molar-refractivity contribution >= 4 is 17.1 Å². The van der Waals surface area contributed by atoms with Crippen molar-refractivity contribution in [1.82, 2.24) is 0 Å². The number of phenols is 1. The molecule has 11 heteroatoms. The van der Waals surface area contributed by atoms with Gasteiger partial charge in [-0.1, -0.05) is 27.2 Å². The number of rotatable bonds is 5. The molecule has 130 valence electrons. The van der Waals surface area contributed by atoms with Crippen molar-refractivity contribution in [2.24, 2.45) is 5.73 Å². The van der Waals surface area contributed by atoms with Crippen molar-refractivity contribution in [2.75, 3.05) is 6.54 Å². The molecule has 23 heavy (non-hydrogen) atoms. The van der Waals surface area contributed by atoms with E-state index in [0.29, 0.717) is 12.1 Å². The third-order valence-corrected chi connectivity index (χ3v) is 2.22. The van der Waals surface area contributed by atoms with Crippen LogP contribution in [0.3, 0.4) is 0 Å². The van der Waals surface area contributed by atoms with E-state index in [2.05, 4.69) is 6.92 Å². The molecule has 0 aliphatic carbocycles. The highest BCUT2D eigenvalue weighted by Gasteiger charge is 2.30. The van der Waals surface area contributed by atoms with Gasteiger partial charge in [0.2, 0.25) is 0 Å². The molecule has 3 N–H and O–H groups in total. The zero-order valence-corrected chi connectivity index (χ0v) is 13.1. The minimum atomic E-state index is -1.21. The normalized spacial score (nSPS) is 8.87. The van der Waals surface area contributed by atoms with Crippen molar-refractivity contribution < 1.29 is 19.9 Å². The van der Waals surface area contributed by atoms with Crippen LogP contribution < -0.4 is 5.73 Å². The number of nitrogens with two attached hydrogens (primary N) is 1. The zero-order valence-electron chi connectivity index (χ0n) is 13.1. The molecular formula is C12H20N4O7. The van der Waals surface area contributed by atoms with Gasteiger partial charge in [0.15, 0.2) is 0 Å². The van der Waals surface area contributed by atoms with Gasteiger partial charge < -0.3 is 10.8 Å².